The normalized spacial score (nSPS) is 13.1. The summed E-state index contributed by atoms with van der Waals surface area (Å²) in [5, 5.41) is 9.61. The van der Waals surface area contributed by atoms with Crippen molar-refractivity contribution < 1.29 is 24.2 Å². The van der Waals surface area contributed by atoms with Gasteiger partial charge in [0.15, 0.2) is 6.10 Å². The van der Waals surface area contributed by atoms with Gasteiger partial charge in [-0.05, 0) is 77.0 Å². The number of allylic oxidation sites excluding steroid dienone is 18. The quantitative estimate of drug-likeness (QED) is 0.0375. The Bertz CT molecular complexity index is 1250. The minimum Gasteiger partial charge on any atom is -0.462 e. The third kappa shape index (κ3) is 49.2. The number of hydrogen-bond acceptors (Lipinski definition) is 5. The highest BCUT2D eigenvalue weighted by Crippen LogP contribution is 2.15. The monoisotopic (exact) mass is 859 g/mol. The number of aliphatic hydroxyl groups is 1. The summed E-state index contributed by atoms with van der Waals surface area (Å²) in [6.07, 6.45) is 74.7. The zero-order chi connectivity index (χ0) is 44.9. The summed E-state index contributed by atoms with van der Waals surface area (Å²) in [4.78, 5) is 24.4. The van der Waals surface area contributed by atoms with Crippen LogP contribution in [0.5, 0.6) is 0 Å². The van der Waals surface area contributed by atoms with E-state index in [4.69, 9.17) is 9.47 Å². The molecule has 0 bridgehead atoms. The summed E-state index contributed by atoms with van der Waals surface area (Å²) in [5.74, 6) is -0.661. The van der Waals surface area contributed by atoms with Gasteiger partial charge >= 0.3 is 11.9 Å². The van der Waals surface area contributed by atoms with E-state index in [2.05, 4.69) is 123 Å². The molecule has 0 radical (unpaired) electrons. The molecule has 0 fully saturated rings. The SMILES string of the molecule is CC/C=C\C/C=C\C/C=C\C/C=C\C/C=C\C/C=C\C/C=C\C/C=C\C/C=C\CCCC(=O)OC(CO)COC(=O)CCCCCCCCCCCCCCCCCCCCC. The molecule has 0 heterocycles. The summed E-state index contributed by atoms with van der Waals surface area (Å²) in [6.45, 7) is 3.99. The van der Waals surface area contributed by atoms with Crippen molar-refractivity contribution in [1.29, 1.82) is 0 Å². The number of carbonyl (C=O) groups is 2. The average molecular weight is 859 g/mol. The van der Waals surface area contributed by atoms with Crippen molar-refractivity contribution in [2.45, 2.75) is 225 Å². The average Bonchev–Trinajstić information content (AvgIpc) is 3.28. The fourth-order valence-corrected chi connectivity index (χ4v) is 6.79. The maximum absolute atomic E-state index is 12.2. The van der Waals surface area contributed by atoms with Gasteiger partial charge in [-0.25, -0.2) is 0 Å². The van der Waals surface area contributed by atoms with Crippen molar-refractivity contribution in [3.05, 3.63) is 109 Å². The molecular weight excluding hydrogens is 765 g/mol. The van der Waals surface area contributed by atoms with Gasteiger partial charge in [-0.3, -0.25) is 9.59 Å². The predicted octanol–water partition coefficient (Wildman–Crippen LogP) is 17.0. The van der Waals surface area contributed by atoms with Crippen LogP contribution >= 0.6 is 0 Å². The van der Waals surface area contributed by atoms with E-state index in [1.807, 2.05) is 0 Å². The molecule has 0 aliphatic carbocycles. The van der Waals surface area contributed by atoms with Crippen LogP contribution in [0.25, 0.3) is 0 Å². The standard InChI is InChI=1S/C57H94O5/c1-3-5-7-9-11-13-15-17-19-21-23-24-25-26-27-28-29-30-31-32-34-36-38-40-42-44-46-48-50-52-57(60)62-55(53-58)54-61-56(59)51-49-47-45-43-41-39-37-35-33-22-20-18-16-14-12-10-8-6-4-2/h5,7,11,13,17,19,23-24,26-27,29-30,32,34,38,40,44,46,55,58H,3-4,6,8-10,12,14-16,18,20-22,25,28,31,33,35-37,39,41-43,45,47-54H2,1-2H3/b7-5-,13-11-,19-17-,24-23-,27-26-,30-29-,34-32-,40-38-,46-44-. The molecule has 0 aromatic rings. The lowest BCUT2D eigenvalue weighted by atomic mass is 10.0. The van der Waals surface area contributed by atoms with Crippen LogP contribution in [0.15, 0.2) is 109 Å². The van der Waals surface area contributed by atoms with Crippen molar-refractivity contribution in [3.63, 3.8) is 0 Å². The largest absolute Gasteiger partial charge is 0.462 e. The maximum Gasteiger partial charge on any atom is 0.306 e. The van der Waals surface area contributed by atoms with Gasteiger partial charge in [-0.2, -0.15) is 0 Å². The summed E-state index contributed by atoms with van der Waals surface area (Å²) in [7, 11) is 0. The van der Waals surface area contributed by atoms with E-state index >= 15 is 0 Å². The van der Waals surface area contributed by atoms with E-state index in [1.54, 1.807) is 0 Å². The Kier molecular flexibility index (Phi) is 49.0. The molecule has 0 aromatic carbocycles. The summed E-state index contributed by atoms with van der Waals surface area (Å²) in [5.41, 5.74) is 0. The molecule has 0 rings (SSSR count). The lowest BCUT2D eigenvalue weighted by Crippen LogP contribution is -2.28. The van der Waals surface area contributed by atoms with E-state index in [-0.39, 0.29) is 31.6 Å². The second-order valence-corrected chi connectivity index (χ2v) is 16.5. The van der Waals surface area contributed by atoms with E-state index in [0.29, 0.717) is 12.8 Å². The molecule has 1 unspecified atom stereocenters. The Labute approximate surface area is 382 Å². The minimum atomic E-state index is -0.808. The second-order valence-electron chi connectivity index (χ2n) is 16.5. The van der Waals surface area contributed by atoms with Gasteiger partial charge in [0.2, 0.25) is 0 Å². The van der Waals surface area contributed by atoms with Crippen LogP contribution in [0.1, 0.15) is 219 Å². The molecule has 0 aromatic heterocycles. The van der Waals surface area contributed by atoms with E-state index in [9.17, 15) is 14.7 Å². The molecule has 0 aliphatic heterocycles. The molecule has 352 valence electrons. The van der Waals surface area contributed by atoms with E-state index < -0.39 is 6.10 Å². The van der Waals surface area contributed by atoms with Crippen LogP contribution in [-0.2, 0) is 19.1 Å². The highest BCUT2D eigenvalue weighted by Gasteiger charge is 2.16. The van der Waals surface area contributed by atoms with Crippen LogP contribution in [0, 0.1) is 0 Å². The first-order chi connectivity index (χ1) is 30.6. The smallest absolute Gasteiger partial charge is 0.306 e. The lowest BCUT2D eigenvalue weighted by Gasteiger charge is -2.15. The Morgan fingerprint density at radius 2 is 0.694 bits per heavy atom. The van der Waals surface area contributed by atoms with Crippen molar-refractivity contribution >= 4 is 11.9 Å². The fraction of sp³-hybridized carbons (Fsp3) is 0.649. The number of carbonyl (C=O) groups excluding carboxylic acids is 2. The van der Waals surface area contributed by atoms with Gasteiger partial charge in [0.1, 0.15) is 6.61 Å². The Hall–Kier alpha value is -3.44. The van der Waals surface area contributed by atoms with Crippen molar-refractivity contribution in [2.24, 2.45) is 0 Å². The zero-order valence-corrected chi connectivity index (χ0v) is 40.1. The minimum absolute atomic E-state index is 0.0931. The highest BCUT2D eigenvalue weighted by atomic mass is 16.6. The van der Waals surface area contributed by atoms with Gasteiger partial charge < -0.3 is 14.6 Å². The molecule has 1 atom stereocenters. The molecular formula is C57H94O5. The van der Waals surface area contributed by atoms with Gasteiger partial charge in [0.25, 0.3) is 0 Å². The topological polar surface area (TPSA) is 72.8 Å². The Balaban J connectivity index is 3.67. The number of ether oxygens (including phenoxy) is 2. The van der Waals surface area contributed by atoms with Crippen molar-refractivity contribution in [1.82, 2.24) is 0 Å². The third-order valence-corrected chi connectivity index (χ3v) is 10.6. The summed E-state index contributed by atoms with van der Waals surface area (Å²) < 4.78 is 10.6. The summed E-state index contributed by atoms with van der Waals surface area (Å²) in [6, 6.07) is 0. The van der Waals surface area contributed by atoms with Crippen LogP contribution in [0.2, 0.25) is 0 Å². The molecule has 5 nitrogen and oxygen atoms in total. The molecule has 62 heavy (non-hydrogen) atoms. The third-order valence-electron chi connectivity index (χ3n) is 10.6. The van der Waals surface area contributed by atoms with Gasteiger partial charge in [0, 0.05) is 12.8 Å². The van der Waals surface area contributed by atoms with Crippen LogP contribution in [-0.4, -0.2) is 36.4 Å². The van der Waals surface area contributed by atoms with Gasteiger partial charge in [-0.15, -0.1) is 0 Å². The van der Waals surface area contributed by atoms with Gasteiger partial charge in [-0.1, -0.05) is 239 Å². The molecule has 5 heteroatoms. The van der Waals surface area contributed by atoms with Crippen LogP contribution in [0.3, 0.4) is 0 Å². The number of aliphatic hydroxyl groups excluding tert-OH is 1. The number of rotatable bonds is 45. The van der Waals surface area contributed by atoms with Crippen LogP contribution in [0.4, 0.5) is 0 Å². The lowest BCUT2D eigenvalue weighted by molar-refractivity contribution is -0.161. The Morgan fingerprint density at radius 3 is 1.03 bits per heavy atom. The molecule has 0 saturated heterocycles. The highest BCUT2D eigenvalue weighted by molar-refractivity contribution is 5.70. The molecule has 1 N–H and O–H groups in total. The Morgan fingerprint density at radius 1 is 0.387 bits per heavy atom. The van der Waals surface area contributed by atoms with Crippen molar-refractivity contribution in [2.75, 3.05) is 13.2 Å². The number of hydrogen-bond donors (Lipinski definition) is 1. The maximum atomic E-state index is 12.2. The first-order valence-electron chi connectivity index (χ1n) is 25.4. The van der Waals surface area contributed by atoms with E-state index in [0.717, 1.165) is 83.5 Å². The molecule has 0 saturated carbocycles. The fourth-order valence-electron chi connectivity index (χ4n) is 6.79. The molecule has 0 amide bonds. The number of esters is 2. The summed E-state index contributed by atoms with van der Waals surface area (Å²) >= 11 is 0. The first-order valence-corrected chi connectivity index (χ1v) is 25.4. The molecule has 0 aliphatic rings. The zero-order valence-electron chi connectivity index (χ0n) is 40.1. The number of unbranched alkanes of at least 4 members (excludes halogenated alkanes) is 19. The first kappa shape index (κ1) is 58.6. The van der Waals surface area contributed by atoms with Crippen LogP contribution < -0.4 is 0 Å². The van der Waals surface area contributed by atoms with Crippen molar-refractivity contribution in [3.8, 4) is 0 Å². The predicted molar refractivity (Wildman–Crippen MR) is 269 cm³/mol. The van der Waals surface area contributed by atoms with Gasteiger partial charge in [0.05, 0.1) is 6.61 Å². The second kappa shape index (κ2) is 51.9. The van der Waals surface area contributed by atoms with E-state index in [1.165, 1.54) is 103 Å². The molecule has 0 spiro atoms.